The molecule has 0 saturated heterocycles. The summed E-state index contributed by atoms with van der Waals surface area (Å²) in [5, 5.41) is 20.3. The highest BCUT2D eigenvalue weighted by molar-refractivity contribution is 5.08. The monoisotopic (exact) mass is 563 g/mol. The molecule has 40 heavy (non-hydrogen) atoms. The second-order valence-corrected chi connectivity index (χ2v) is 15.2. The molecule has 0 aliphatic rings. The van der Waals surface area contributed by atoms with Gasteiger partial charge in [0.1, 0.15) is 12.2 Å². The van der Waals surface area contributed by atoms with Crippen LogP contribution < -0.4 is 0 Å². The lowest BCUT2D eigenvalue weighted by Crippen LogP contribution is -2.46. The van der Waals surface area contributed by atoms with E-state index in [4.69, 9.17) is 0 Å². The minimum absolute atomic E-state index is 0.291. The maximum absolute atomic E-state index is 10.2. The molecule has 2 N–H and O–H groups in total. The summed E-state index contributed by atoms with van der Waals surface area (Å²) in [6.45, 7) is 21.7. The molecule has 238 valence electrons. The van der Waals surface area contributed by atoms with Gasteiger partial charge in [-0.1, -0.05) is 183 Å². The van der Waals surface area contributed by atoms with Crippen LogP contribution in [0.15, 0.2) is 0 Å². The third kappa shape index (κ3) is 17.4. The summed E-state index contributed by atoms with van der Waals surface area (Å²) in [4.78, 5) is 0. The van der Waals surface area contributed by atoms with Crippen LogP contribution in [0.1, 0.15) is 197 Å². The Bertz CT molecular complexity index is 645. The van der Waals surface area contributed by atoms with Gasteiger partial charge in [-0.15, -0.1) is 0 Å². The highest BCUT2D eigenvalue weighted by Crippen LogP contribution is 2.55. The van der Waals surface area contributed by atoms with Gasteiger partial charge < -0.3 is 10.2 Å². The number of aliphatic hydroxyl groups is 2. The highest BCUT2D eigenvalue weighted by atomic mass is 16.3. The first-order chi connectivity index (χ1) is 18.8. The number of hydrogen-bond acceptors (Lipinski definition) is 2. The third-order valence-electron chi connectivity index (χ3n) is 10.8. The van der Waals surface area contributed by atoms with E-state index in [2.05, 4.69) is 74.2 Å². The Kier molecular flexibility index (Phi) is 21.8. The summed E-state index contributed by atoms with van der Waals surface area (Å²) in [5.41, 5.74) is 0.909. The van der Waals surface area contributed by atoms with Crippen LogP contribution in [0.25, 0.3) is 0 Å². The molecule has 0 aromatic rings. The summed E-state index contributed by atoms with van der Waals surface area (Å²) in [6, 6.07) is 0. The molecule has 0 aliphatic carbocycles. The molecule has 0 amide bonds. The number of hydrogen-bond donors (Lipinski definition) is 2. The molecule has 3 unspecified atom stereocenters. The minimum Gasteiger partial charge on any atom is -0.380 e. The maximum Gasteiger partial charge on any atom is 0.114 e. The van der Waals surface area contributed by atoms with Gasteiger partial charge in [0.05, 0.1) is 0 Å². The van der Waals surface area contributed by atoms with Crippen LogP contribution in [-0.4, -0.2) is 22.4 Å². The Morgan fingerprint density at radius 2 is 0.775 bits per heavy atom. The molecule has 0 fully saturated rings. The van der Waals surface area contributed by atoms with E-state index in [1.807, 2.05) is 0 Å². The maximum atomic E-state index is 10.2. The Morgan fingerprint density at radius 3 is 1.10 bits per heavy atom. The third-order valence-corrected chi connectivity index (χ3v) is 10.8. The van der Waals surface area contributed by atoms with E-state index >= 15 is 0 Å². The molecule has 0 bridgehead atoms. The number of unbranched alkanes of at least 4 members (excludes halogenated alkanes) is 16. The van der Waals surface area contributed by atoms with E-state index < -0.39 is 12.2 Å². The van der Waals surface area contributed by atoms with Crippen molar-refractivity contribution in [3.63, 3.8) is 0 Å². The van der Waals surface area contributed by atoms with Crippen molar-refractivity contribution in [2.75, 3.05) is 0 Å². The van der Waals surface area contributed by atoms with Gasteiger partial charge in [-0.2, -0.15) is 0 Å². The van der Waals surface area contributed by atoms with Crippen molar-refractivity contribution < 1.29 is 10.2 Å². The molecule has 0 spiro atoms. The van der Waals surface area contributed by atoms with E-state index in [1.54, 1.807) is 0 Å². The van der Waals surface area contributed by atoms with Crippen LogP contribution in [-0.2, 0) is 0 Å². The zero-order chi connectivity index (χ0) is 30.5. The van der Waals surface area contributed by atoms with Crippen molar-refractivity contribution in [1.82, 2.24) is 0 Å². The smallest absolute Gasteiger partial charge is 0.114 e. The SMILES string of the molecule is CCCCCCCCCCCCCC(O)C#CC(O)CCCCCCCCCC(C)C(C)(C)C(C)(C)C(C)(C)C. The zero-order valence-electron chi connectivity index (χ0n) is 29.0. The molecule has 0 aromatic carbocycles. The Balaban J connectivity index is 3.76. The lowest BCUT2D eigenvalue weighted by atomic mass is 9.51. The van der Waals surface area contributed by atoms with Crippen molar-refractivity contribution in [2.45, 2.75) is 209 Å². The fourth-order valence-corrected chi connectivity index (χ4v) is 5.95. The first-order valence-corrected chi connectivity index (χ1v) is 17.6. The van der Waals surface area contributed by atoms with Gasteiger partial charge in [-0.05, 0) is 47.8 Å². The molecule has 2 nitrogen and oxygen atoms in total. The molecule has 2 heteroatoms. The number of aliphatic hydroxyl groups excluding tert-OH is 2. The van der Waals surface area contributed by atoms with E-state index in [0.29, 0.717) is 16.2 Å². The topological polar surface area (TPSA) is 40.5 Å². The van der Waals surface area contributed by atoms with Crippen molar-refractivity contribution in [2.24, 2.45) is 22.2 Å². The van der Waals surface area contributed by atoms with E-state index in [0.717, 1.165) is 31.6 Å². The second-order valence-electron chi connectivity index (χ2n) is 15.2. The normalized spacial score (nSPS) is 15.0. The van der Waals surface area contributed by atoms with E-state index in [1.165, 1.54) is 109 Å². The Hall–Kier alpha value is -0.520. The minimum atomic E-state index is -0.589. The molecule has 0 rings (SSSR count). The first kappa shape index (κ1) is 39.5. The van der Waals surface area contributed by atoms with Gasteiger partial charge in [0.25, 0.3) is 0 Å². The second kappa shape index (κ2) is 22.1. The molecule has 0 aliphatic heterocycles. The summed E-state index contributed by atoms with van der Waals surface area (Å²) in [7, 11) is 0. The fourth-order valence-electron chi connectivity index (χ4n) is 5.95. The lowest BCUT2D eigenvalue weighted by molar-refractivity contribution is -0.0466. The molecule has 3 atom stereocenters. The van der Waals surface area contributed by atoms with Crippen LogP contribution in [0.3, 0.4) is 0 Å². The Morgan fingerprint density at radius 1 is 0.475 bits per heavy atom. The summed E-state index contributed by atoms with van der Waals surface area (Å²) in [6.07, 6.45) is 24.8. The molecule has 0 aromatic heterocycles. The van der Waals surface area contributed by atoms with Crippen LogP contribution in [0.5, 0.6) is 0 Å². The first-order valence-electron chi connectivity index (χ1n) is 17.6. The standard InChI is InChI=1S/C38H74O2/c1-10-11-12-13-14-15-16-17-20-23-26-29-34(39)31-32-35(40)30-27-24-21-18-19-22-25-28-33(2)37(6,7)38(8,9)36(3,4)5/h33-35,39-40H,10-30H2,1-9H3. The van der Waals surface area contributed by atoms with Gasteiger partial charge >= 0.3 is 0 Å². The molecule has 0 radical (unpaired) electrons. The van der Waals surface area contributed by atoms with Gasteiger partial charge in [-0.3, -0.25) is 0 Å². The molecule has 0 heterocycles. The predicted octanol–water partition coefficient (Wildman–Crippen LogP) is 11.7. The Labute approximate surface area is 253 Å². The summed E-state index contributed by atoms with van der Waals surface area (Å²) >= 11 is 0. The summed E-state index contributed by atoms with van der Waals surface area (Å²) in [5.74, 6) is 6.50. The zero-order valence-corrected chi connectivity index (χ0v) is 29.0. The van der Waals surface area contributed by atoms with Crippen LogP contribution >= 0.6 is 0 Å². The molecular weight excluding hydrogens is 488 g/mol. The largest absolute Gasteiger partial charge is 0.380 e. The highest BCUT2D eigenvalue weighted by Gasteiger charge is 2.47. The quantitative estimate of drug-likeness (QED) is 0.0907. The van der Waals surface area contributed by atoms with Crippen LogP contribution in [0, 0.1) is 34.0 Å². The van der Waals surface area contributed by atoms with Crippen LogP contribution in [0.4, 0.5) is 0 Å². The predicted molar refractivity (Wildman–Crippen MR) is 179 cm³/mol. The van der Waals surface area contributed by atoms with E-state index in [-0.39, 0.29) is 0 Å². The van der Waals surface area contributed by atoms with Crippen molar-refractivity contribution in [1.29, 1.82) is 0 Å². The fraction of sp³-hybridized carbons (Fsp3) is 0.947. The molecular formula is C38H74O2. The van der Waals surface area contributed by atoms with Gasteiger partial charge in [0.2, 0.25) is 0 Å². The van der Waals surface area contributed by atoms with Gasteiger partial charge in [-0.25, -0.2) is 0 Å². The average Bonchev–Trinajstić information content (AvgIpc) is 2.88. The average molecular weight is 563 g/mol. The number of rotatable bonds is 24. The van der Waals surface area contributed by atoms with Crippen molar-refractivity contribution >= 4 is 0 Å². The van der Waals surface area contributed by atoms with E-state index in [9.17, 15) is 10.2 Å². The van der Waals surface area contributed by atoms with Crippen molar-refractivity contribution in [3.8, 4) is 11.8 Å². The van der Waals surface area contributed by atoms with Gasteiger partial charge in [0.15, 0.2) is 0 Å². The van der Waals surface area contributed by atoms with Gasteiger partial charge in [0, 0.05) is 0 Å². The summed E-state index contributed by atoms with van der Waals surface area (Å²) < 4.78 is 0. The lowest BCUT2D eigenvalue weighted by Gasteiger charge is -2.54. The van der Waals surface area contributed by atoms with Crippen molar-refractivity contribution in [3.05, 3.63) is 0 Å². The molecule has 0 saturated carbocycles. The van der Waals surface area contributed by atoms with Crippen LogP contribution in [0.2, 0.25) is 0 Å².